The van der Waals surface area contributed by atoms with Crippen LogP contribution in [0.15, 0.2) is 23.1 Å². The molecule has 1 aromatic heterocycles. The van der Waals surface area contributed by atoms with Crippen molar-refractivity contribution in [3.63, 3.8) is 0 Å². The zero-order valence-corrected chi connectivity index (χ0v) is 7.06. The lowest BCUT2D eigenvalue weighted by Crippen LogP contribution is -2.21. The molecule has 0 spiro atoms. The minimum atomic E-state index is -1.38. The molecule has 0 bridgehead atoms. The van der Waals surface area contributed by atoms with Crippen molar-refractivity contribution in [3.8, 4) is 0 Å². The van der Waals surface area contributed by atoms with E-state index < -0.39 is 6.16 Å². The van der Waals surface area contributed by atoms with E-state index in [1.54, 1.807) is 19.3 Å². The number of aromatic nitrogens is 1. The fourth-order valence-corrected chi connectivity index (χ4v) is 0.903. The summed E-state index contributed by atoms with van der Waals surface area (Å²) >= 11 is 0. The monoisotopic (exact) mass is 183 g/mol. The van der Waals surface area contributed by atoms with Gasteiger partial charge in [-0.3, -0.25) is 4.79 Å². The van der Waals surface area contributed by atoms with Gasteiger partial charge in [0.05, 0.1) is 5.56 Å². The number of pyridine rings is 1. The highest BCUT2D eigenvalue weighted by atomic mass is 16.7. The zero-order chi connectivity index (χ0) is 9.84. The Hall–Kier alpha value is -1.78. The Morgan fingerprint density at radius 1 is 1.69 bits per heavy atom. The molecule has 70 valence electrons. The van der Waals surface area contributed by atoms with E-state index in [0.717, 1.165) is 0 Å². The van der Waals surface area contributed by atoms with E-state index in [1.165, 1.54) is 10.6 Å². The van der Waals surface area contributed by atoms with Gasteiger partial charge in [0.1, 0.15) is 6.61 Å². The predicted octanol–water partition coefficient (Wildman–Crippen LogP) is 0.580. The van der Waals surface area contributed by atoms with E-state index >= 15 is 0 Å². The van der Waals surface area contributed by atoms with E-state index in [1.807, 2.05) is 0 Å². The van der Waals surface area contributed by atoms with Crippen LogP contribution in [0.5, 0.6) is 0 Å². The number of hydrogen-bond acceptors (Lipinski definition) is 3. The van der Waals surface area contributed by atoms with Crippen molar-refractivity contribution in [3.05, 3.63) is 34.2 Å². The van der Waals surface area contributed by atoms with Crippen LogP contribution >= 0.6 is 0 Å². The van der Waals surface area contributed by atoms with Gasteiger partial charge in [-0.1, -0.05) is 0 Å². The SMILES string of the molecule is Cn1cccc(COC(=O)O)c1=O. The van der Waals surface area contributed by atoms with E-state index in [4.69, 9.17) is 5.11 Å². The average Bonchev–Trinajstić information content (AvgIpc) is 2.07. The maximum atomic E-state index is 11.3. The van der Waals surface area contributed by atoms with Crippen LogP contribution in [0.25, 0.3) is 0 Å². The first kappa shape index (κ1) is 9.31. The summed E-state index contributed by atoms with van der Waals surface area (Å²) in [5.74, 6) is 0. The highest BCUT2D eigenvalue weighted by Crippen LogP contribution is 1.93. The maximum Gasteiger partial charge on any atom is 0.506 e. The largest absolute Gasteiger partial charge is 0.506 e. The third-order valence-corrected chi connectivity index (χ3v) is 1.55. The normalized spacial score (nSPS) is 9.62. The molecule has 5 heteroatoms. The van der Waals surface area contributed by atoms with Gasteiger partial charge < -0.3 is 14.4 Å². The standard InChI is InChI=1S/C8H9NO4/c1-9-4-2-3-6(7(9)10)5-13-8(11)12/h2-4H,5H2,1H3,(H,11,12). The van der Waals surface area contributed by atoms with Gasteiger partial charge >= 0.3 is 6.16 Å². The van der Waals surface area contributed by atoms with Crippen molar-refractivity contribution in [2.24, 2.45) is 7.05 Å². The van der Waals surface area contributed by atoms with Crippen LogP contribution in [0.2, 0.25) is 0 Å². The van der Waals surface area contributed by atoms with Gasteiger partial charge in [-0.25, -0.2) is 4.79 Å². The summed E-state index contributed by atoms with van der Waals surface area (Å²) in [4.78, 5) is 21.3. The van der Waals surface area contributed by atoms with E-state index in [-0.39, 0.29) is 12.2 Å². The minimum absolute atomic E-state index is 0.206. The first-order valence-electron chi connectivity index (χ1n) is 3.61. The summed E-state index contributed by atoms with van der Waals surface area (Å²) in [5, 5.41) is 8.20. The second-order valence-electron chi connectivity index (χ2n) is 2.50. The second kappa shape index (κ2) is 3.75. The Balaban J connectivity index is 2.84. The molecule has 1 heterocycles. The molecule has 0 radical (unpaired) electrons. The van der Waals surface area contributed by atoms with Crippen LogP contribution in [0.1, 0.15) is 5.56 Å². The number of carbonyl (C=O) groups is 1. The molecule has 0 aliphatic heterocycles. The molecule has 0 atom stereocenters. The third-order valence-electron chi connectivity index (χ3n) is 1.55. The van der Waals surface area contributed by atoms with Crippen molar-refractivity contribution in [1.29, 1.82) is 0 Å². The molecule has 5 nitrogen and oxygen atoms in total. The van der Waals surface area contributed by atoms with E-state index in [2.05, 4.69) is 4.74 Å². The van der Waals surface area contributed by atoms with Gasteiger partial charge in [-0.15, -0.1) is 0 Å². The van der Waals surface area contributed by atoms with Crippen molar-refractivity contribution in [2.75, 3.05) is 0 Å². The van der Waals surface area contributed by atoms with Crippen LogP contribution < -0.4 is 5.56 Å². The first-order valence-corrected chi connectivity index (χ1v) is 3.61. The highest BCUT2D eigenvalue weighted by Gasteiger charge is 2.03. The molecular weight excluding hydrogens is 174 g/mol. The van der Waals surface area contributed by atoms with Gasteiger partial charge in [0, 0.05) is 13.2 Å². The molecule has 1 N–H and O–H groups in total. The Kier molecular flexibility index (Phi) is 2.69. The molecule has 0 aliphatic carbocycles. The summed E-state index contributed by atoms with van der Waals surface area (Å²) in [5.41, 5.74) is 0.0798. The molecule has 0 amide bonds. The van der Waals surface area contributed by atoms with Crippen molar-refractivity contribution < 1.29 is 14.6 Å². The molecule has 0 aromatic carbocycles. The topological polar surface area (TPSA) is 68.5 Å². The molecule has 1 rings (SSSR count). The summed E-state index contributed by atoms with van der Waals surface area (Å²) in [6.07, 6.45) is 0.206. The number of carboxylic acid groups (broad SMARTS) is 1. The third kappa shape index (κ3) is 2.33. The molecule has 0 fully saturated rings. The van der Waals surface area contributed by atoms with Crippen LogP contribution in [-0.4, -0.2) is 15.8 Å². The average molecular weight is 183 g/mol. The summed E-state index contributed by atoms with van der Waals surface area (Å²) in [7, 11) is 1.59. The Morgan fingerprint density at radius 3 is 3.00 bits per heavy atom. The van der Waals surface area contributed by atoms with E-state index in [9.17, 15) is 9.59 Å². The number of ether oxygens (including phenoxy) is 1. The molecule has 13 heavy (non-hydrogen) atoms. The van der Waals surface area contributed by atoms with Crippen LogP contribution in [0, 0.1) is 0 Å². The molecule has 0 unspecified atom stereocenters. The van der Waals surface area contributed by atoms with Crippen molar-refractivity contribution >= 4 is 6.16 Å². The van der Waals surface area contributed by atoms with E-state index in [0.29, 0.717) is 5.56 Å². The maximum absolute atomic E-state index is 11.3. The van der Waals surface area contributed by atoms with Gasteiger partial charge in [-0.2, -0.15) is 0 Å². The zero-order valence-electron chi connectivity index (χ0n) is 7.06. The second-order valence-corrected chi connectivity index (χ2v) is 2.50. The molecule has 0 aliphatic rings. The molecule has 1 aromatic rings. The molecular formula is C8H9NO4. The van der Waals surface area contributed by atoms with Gasteiger partial charge in [-0.05, 0) is 12.1 Å². The highest BCUT2D eigenvalue weighted by molar-refractivity contribution is 5.56. The Bertz CT molecular complexity index is 369. The quantitative estimate of drug-likeness (QED) is 0.681. The lowest BCUT2D eigenvalue weighted by atomic mass is 10.3. The number of hydrogen-bond donors (Lipinski definition) is 1. The Morgan fingerprint density at radius 2 is 2.38 bits per heavy atom. The van der Waals surface area contributed by atoms with Gasteiger partial charge in [0.15, 0.2) is 0 Å². The van der Waals surface area contributed by atoms with Crippen molar-refractivity contribution in [1.82, 2.24) is 4.57 Å². The summed E-state index contributed by atoms with van der Waals surface area (Å²) < 4.78 is 5.63. The summed E-state index contributed by atoms with van der Waals surface area (Å²) in [6.45, 7) is -0.206. The van der Waals surface area contributed by atoms with Gasteiger partial charge in [0.25, 0.3) is 5.56 Å². The van der Waals surface area contributed by atoms with Crippen LogP contribution in [0.3, 0.4) is 0 Å². The fraction of sp³-hybridized carbons (Fsp3) is 0.250. The summed E-state index contributed by atoms with van der Waals surface area (Å²) in [6, 6.07) is 3.19. The van der Waals surface area contributed by atoms with Crippen LogP contribution in [0.4, 0.5) is 4.79 Å². The molecule has 0 saturated heterocycles. The van der Waals surface area contributed by atoms with Crippen LogP contribution in [-0.2, 0) is 18.4 Å². The predicted molar refractivity (Wildman–Crippen MR) is 44.5 cm³/mol. The smallest absolute Gasteiger partial charge is 0.450 e. The Labute approximate surface area is 74.2 Å². The number of rotatable bonds is 2. The number of nitrogens with zero attached hydrogens (tertiary/aromatic N) is 1. The first-order chi connectivity index (χ1) is 6.11. The number of aryl methyl sites for hydroxylation is 1. The van der Waals surface area contributed by atoms with Crippen molar-refractivity contribution in [2.45, 2.75) is 6.61 Å². The lowest BCUT2D eigenvalue weighted by Gasteiger charge is -2.01. The van der Waals surface area contributed by atoms with Gasteiger partial charge in [0.2, 0.25) is 0 Å². The molecule has 0 saturated carbocycles. The fourth-order valence-electron chi connectivity index (χ4n) is 0.903. The lowest BCUT2D eigenvalue weighted by molar-refractivity contribution is 0.0849. The minimum Gasteiger partial charge on any atom is -0.450 e.